The molecule has 0 unspecified atom stereocenters. The summed E-state index contributed by atoms with van der Waals surface area (Å²) in [5.74, 6) is 0. The third-order valence-electron chi connectivity index (χ3n) is 2.01. The first-order valence-corrected chi connectivity index (χ1v) is 6.24. The number of thiophene rings is 1. The third kappa shape index (κ3) is 2.41. The molecule has 14 heavy (non-hydrogen) atoms. The molecule has 2 nitrogen and oxygen atoms in total. The van der Waals surface area contributed by atoms with Gasteiger partial charge in [-0.05, 0) is 23.9 Å². The average molecular weight is 224 g/mol. The number of nitrogens with one attached hydrogen (secondary N) is 1. The van der Waals surface area contributed by atoms with E-state index in [2.05, 4.69) is 28.7 Å². The van der Waals surface area contributed by atoms with Crippen LogP contribution in [0.3, 0.4) is 0 Å². The molecule has 0 aliphatic heterocycles. The number of rotatable bonds is 4. The Labute approximate surface area is 91.6 Å². The Kier molecular flexibility index (Phi) is 3.29. The number of hydrogen-bond acceptors (Lipinski definition) is 4. The fourth-order valence-electron chi connectivity index (χ4n) is 1.21. The van der Waals surface area contributed by atoms with Gasteiger partial charge in [0.05, 0.1) is 0 Å². The maximum absolute atomic E-state index is 4.22. The molecule has 0 saturated carbocycles. The van der Waals surface area contributed by atoms with Crippen LogP contribution in [-0.4, -0.2) is 4.98 Å². The van der Waals surface area contributed by atoms with E-state index in [1.54, 1.807) is 11.3 Å². The zero-order valence-corrected chi connectivity index (χ0v) is 9.62. The molecular formula is C10H12N2S2. The standard InChI is InChI=1S/C10H12N2S2/c1-8-2-4-13-9(8)6-11-7-10-12-3-5-14-10/h2-5,11H,6-7H2,1H3. The molecule has 2 aromatic rings. The lowest BCUT2D eigenvalue weighted by Crippen LogP contribution is -2.11. The van der Waals surface area contributed by atoms with Crippen molar-refractivity contribution >= 4 is 22.7 Å². The zero-order chi connectivity index (χ0) is 9.80. The molecule has 2 heterocycles. The molecule has 0 aliphatic carbocycles. The molecule has 0 radical (unpaired) electrons. The Morgan fingerprint density at radius 1 is 1.29 bits per heavy atom. The molecule has 1 N–H and O–H groups in total. The van der Waals surface area contributed by atoms with Gasteiger partial charge >= 0.3 is 0 Å². The summed E-state index contributed by atoms with van der Waals surface area (Å²) >= 11 is 3.50. The Morgan fingerprint density at radius 2 is 2.21 bits per heavy atom. The molecule has 0 spiro atoms. The van der Waals surface area contributed by atoms with E-state index in [1.165, 1.54) is 10.4 Å². The van der Waals surface area contributed by atoms with Gasteiger partial charge in [-0.1, -0.05) is 0 Å². The Balaban J connectivity index is 1.81. The monoisotopic (exact) mass is 224 g/mol. The fraction of sp³-hybridized carbons (Fsp3) is 0.300. The van der Waals surface area contributed by atoms with Gasteiger partial charge in [-0.15, -0.1) is 22.7 Å². The van der Waals surface area contributed by atoms with Gasteiger partial charge in [-0.3, -0.25) is 0 Å². The molecule has 2 aromatic heterocycles. The van der Waals surface area contributed by atoms with Gasteiger partial charge in [-0.25, -0.2) is 4.98 Å². The minimum atomic E-state index is 0.870. The fourth-order valence-corrected chi connectivity index (χ4v) is 2.67. The first-order chi connectivity index (χ1) is 6.86. The van der Waals surface area contributed by atoms with Gasteiger partial charge in [-0.2, -0.15) is 0 Å². The lowest BCUT2D eigenvalue weighted by atomic mass is 10.3. The van der Waals surface area contributed by atoms with E-state index in [1.807, 2.05) is 22.9 Å². The lowest BCUT2D eigenvalue weighted by Gasteiger charge is -2.01. The average Bonchev–Trinajstić information content (AvgIpc) is 2.78. The molecule has 4 heteroatoms. The second-order valence-corrected chi connectivity index (χ2v) is 5.04. The number of aromatic nitrogens is 1. The highest BCUT2D eigenvalue weighted by Crippen LogP contribution is 2.15. The summed E-state index contributed by atoms with van der Waals surface area (Å²) in [6.07, 6.45) is 1.85. The minimum Gasteiger partial charge on any atom is -0.306 e. The second-order valence-electron chi connectivity index (χ2n) is 3.06. The van der Waals surface area contributed by atoms with E-state index in [0.717, 1.165) is 18.1 Å². The summed E-state index contributed by atoms with van der Waals surface area (Å²) in [6, 6.07) is 2.16. The molecule has 0 aromatic carbocycles. The Hall–Kier alpha value is -0.710. The van der Waals surface area contributed by atoms with Crippen LogP contribution in [-0.2, 0) is 13.1 Å². The molecular weight excluding hydrogens is 212 g/mol. The number of thiazole rings is 1. The van der Waals surface area contributed by atoms with Gasteiger partial charge < -0.3 is 5.32 Å². The third-order valence-corrected chi connectivity index (χ3v) is 3.82. The molecule has 2 rings (SSSR count). The van der Waals surface area contributed by atoms with Gasteiger partial charge in [0.25, 0.3) is 0 Å². The number of aryl methyl sites for hydroxylation is 1. The van der Waals surface area contributed by atoms with Crippen molar-refractivity contribution in [3.8, 4) is 0 Å². The van der Waals surface area contributed by atoms with Crippen molar-refractivity contribution < 1.29 is 0 Å². The van der Waals surface area contributed by atoms with E-state index in [-0.39, 0.29) is 0 Å². The van der Waals surface area contributed by atoms with Gasteiger partial charge in [0, 0.05) is 29.5 Å². The van der Waals surface area contributed by atoms with Crippen molar-refractivity contribution in [2.45, 2.75) is 20.0 Å². The van der Waals surface area contributed by atoms with Crippen LogP contribution >= 0.6 is 22.7 Å². The van der Waals surface area contributed by atoms with Crippen LogP contribution in [0.5, 0.6) is 0 Å². The smallest absolute Gasteiger partial charge is 0.106 e. The maximum Gasteiger partial charge on any atom is 0.106 e. The van der Waals surface area contributed by atoms with Crippen molar-refractivity contribution in [2.24, 2.45) is 0 Å². The van der Waals surface area contributed by atoms with Crippen LogP contribution < -0.4 is 5.32 Å². The summed E-state index contributed by atoms with van der Waals surface area (Å²) in [6.45, 7) is 3.97. The highest BCUT2D eigenvalue weighted by Gasteiger charge is 1.99. The number of nitrogens with zero attached hydrogens (tertiary/aromatic N) is 1. The van der Waals surface area contributed by atoms with E-state index < -0.39 is 0 Å². The summed E-state index contributed by atoms with van der Waals surface area (Å²) in [4.78, 5) is 5.64. The predicted molar refractivity (Wildman–Crippen MR) is 61.7 cm³/mol. The zero-order valence-electron chi connectivity index (χ0n) is 7.99. The second kappa shape index (κ2) is 4.68. The Bertz CT molecular complexity index is 378. The van der Waals surface area contributed by atoms with Gasteiger partial charge in [0.15, 0.2) is 0 Å². The van der Waals surface area contributed by atoms with Crippen molar-refractivity contribution in [3.63, 3.8) is 0 Å². The first kappa shape index (κ1) is 9.83. The topological polar surface area (TPSA) is 24.9 Å². The highest BCUT2D eigenvalue weighted by molar-refractivity contribution is 7.10. The summed E-state index contributed by atoms with van der Waals surface area (Å²) < 4.78 is 0. The molecule has 0 fully saturated rings. The van der Waals surface area contributed by atoms with E-state index >= 15 is 0 Å². The minimum absolute atomic E-state index is 0.870. The lowest BCUT2D eigenvalue weighted by molar-refractivity contribution is 0.695. The molecule has 0 atom stereocenters. The molecule has 0 bridgehead atoms. The van der Waals surface area contributed by atoms with Crippen LogP contribution in [0.4, 0.5) is 0 Å². The first-order valence-electron chi connectivity index (χ1n) is 4.48. The molecule has 0 amide bonds. The van der Waals surface area contributed by atoms with Crippen LogP contribution in [0.25, 0.3) is 0 Å². The predicted octanol–water partition coefficient (Wildman–Crippen LogP) is 2.80. The van der Waals surface area contributed by atoms with Gasteiger partial charge in [0.1, 0.15) is 5.01 Å². The van der Waals surface area contributed by atoms with Crippen LogP contribution in [0.15, 0.2) is 23.0 Å². The van der Waals surface area contributed by atoms with Crippen LogP contribution in [0.2, 0.25) is 0 Å². The van der Waals surface area contributed by atoms with Crippen LogP contribution in [0.1, 0.15) is 15.4 Å². The van der Waals surface area contributed by atoms with Crippen LogP contribution in [0, 0.1) is 6.92 Å². The van der Waals surface area contributed by atoms with Crippen molar-refractivity contribution in [2.75, 3.05) is 0 Å². The summed E-state index contributed by atoms with van der Waals surface area (Å²) in [7, 11) is 0. The SMILES string of the molecule is Cc1ccsc1CNCc1nccs1. The molecule has 74 valence electrons. The number of hydrogen-bond donors (Lipinski definition) is 1. The van der Waals surface area contributed by atoms with Crippen molar-refractivity contribution in [1.29, 1.82) is 0 Å². The summed E-state index contributed by atoms with van der Waals surface area (Å²) in [5.41, 5.74) is 1.38. The van der Waals surface area contributed by atoms with Crippen molar-refractivity contribution in [1.82, 2.24) is 10.3 Å². The molecule has 0 aliphatic rings. The normalized spacial score (nSPS) is 10.6. The van der Waals surface area contributed by atoms with E-state index in [9.17, 15) is 0 Å². The van der Waals surface area contributed by atoms with E-state index in [4.69, 9.17) is 0 Å². The summed E-state index contributed by atoms with van der Waals surface area (Å²) in [5, 5.41) is 8.68. The van der Waals surface area contributed by atoms with E-state index in [0.29, 0.717) is 0 Å². The quantitative estimate of drug-likeness (QED) is 0.864. The molecule has 0 saturated heterocycles. The largest absolute Gasteiger partial charge is 0.306 e. The van der Waals surface area contributed by atoms with Crippen molar-refractivity contribution in [3.05, 3.63) is 38.5 Å². The van der Waals surface area contributed by atoms with Gasteiger partial charge in [0.2, 0.25) is 0 Å². The Morgan fingerprint density at radius 3 is 2.86 bits per heavy atom. The maximum atomic E-state index is 4.22. The highest BCUT2D eigenvalue weighted by atomic mass is 32.1.